The van der Waals surface area contributed by atoms with E-state index >= 15 is 0 Å². The van der Waals surface area contributed by atoms with Crippen LogP contribution in [0, 0.1) is 0 Å². The molecule has 1 heterocycles. The maximum atomic E-state index is 11.1. The van der Waals surface area contributed by atoms with Crippen LogP contribution in [-0.4, -0.2) is 29.5 Å². The molecule has 1 aromatic heterocycles. The number of rotatable bonds is 7. The van der Waals surface area contributed by atoms with Crippen LogP contribution in [0.1, 0.15) is 33.3 Å². The third-order valence-corrected chi connectivity index (χ3v) is 2.77. The Morgan fingerprint density at radius 3 is 2.47 bits per heavy atom. The average Bonchev–Trinajstić information content (AvgIpc) is 2.33. The molecule has 1 aromatic rings. The van der Waals surface area contributed by atoms with Gasteiger partial charge >= 0.3 is 0 Å². The molecule has 0 atom stereocenters. The Morgan fingerprint density at radius 1 is 1.37 bits per heavy atom. The van der Waals surface area contributed by atoms with E-state index in [1.165, 1.54) is 0 Å². The summed E-state index contributed by atoms with van der Waals surface area (Å²) in [5.41, 5.74) is 6.39. The summed E-state index contributed by atoms with van der Waals surface area (Å²) < 4.78 is 0. The molecule has 106 valence electrons. The quantitative estimate of drug-likeness (QED) is 0.778. The Bertz CT molecular complexity index is 400. The molecule has 19 heavy (non-hydrogen) atoms. The molecule has 0 unspecified atom stereocenters. The molecule has 0 aromatic carbocycles. The molecular weight excluding hydrogens is 240 g/mol. The van der Waals surface area contributed by atoms with Crippen LogP contribution >= 0.6 is 0 Å². The highest BCUT2D eigenvalue weighted by Gasteiger charge is 2.14. The summed E-state index contributed by atoms with van der Waals surface area (Å²) in [5, 5.41) is 3.34. The molecule has 0 radical (unpaired) electrons. The molecule has 0 spiro atoms. The zero-order chi connectivity index (χ0) is 14.4. The number of nitrogens with two attached hydrogens (primary N) is 1. The van der Waals surface area contributed by atoms with Gasteiger partial charge in [-0.2, -0.15) is 0 Å². The SMILES string of the molecule is CC(C)NCc1ccc(N(CC(N)=O)C(C)C)nc1. The number of hydrogen-bond acceptors (Lipinski definition) is 4. The topological polar surface area (TPSA) is 71.2 Å². The fraction of sp³-hybridized carbons (Fsp3) is 0.571. The Hall–Kier alpha value is -1.62. The van der Waals surface area contributed by atoms with Gasteiger partial charge < -0.3 is 16.0 Å². The van der Waals surface area contributed by atoms with Gasteiger partial charge in [-0.15, -0.1) is 0 Å². The fourth-order valence-electron chi connectivity index (χ4n) is 1.71. The van der Waals surface area contributed by atoms with Gasteiger partial charge in [-0.3, -0.25) is 4.79 Å². The molecule has 0 fully saturated rings. The maximum absolute atomic E-state index is 11.1. The van der Waals surface area contributed by atoms with Crippen molar-refractivity contribution in [3.05, 3.63) is 23.9 Å². The molecule has 3 N–H and O–H groups in total. The largest absolute Gasteiger partial charge is 0.368 e. The highest BCUT2D eigenvalue weighted by Crippen LogP contribution is 2.14. The van der Waals surface area contributed by atoms with Gasteiger partial charge in [-0.25, -0.2) is 4.98 Å². The Balaban J connectivity index is 2.74. The van der Waals surface area contributed by atoms with Gasteiger partial charge in [0.1, 0.15) is 5.82 Å². The predicted molar refractivity (Wildman–Crippen MR) is 77.9 cm³/mol. The van der Waals surface area contributed by atoms with Crippen LogP contribution in [0.15, 0.2) is 18.3 Å². The molecular formula is C14H24N4O. The summed E-state index contributed by atoms with van der Waals surface area (Å²) in [4.78, 5) is 17.4. The minimum Gasteiger partial charge on any atom is -0.368 e. The highest BCUT2D eigenvalue weighted by atomic mass is 16.1. The van der Waals surface area contributed by atoms with E-state index in [4.69, 9.17) is 5.73 Å². The summed E-state index contributed by atoms with van der Waals surface area (Å²) >= 11 is 0. The summed E-state index contributed by atoms with van der Waals surface area (Å²) in [6.07, 6.45) is 1.83. The third-order valence-electron chi connectivity index (χ3n) is 2.77. The number of carbonyl (C=O) groups is 1. The lowest BCUT2D eigenvalue weighted by Crippen LogP contribution is -2.39. The lowest BCUT2D eigenvalue weighted by molar-refractivity contribution is -0.116. The van der Waals surface area contributed by atoms with Crippen LogP contribution in [0.2, 0.25) is 0 Å². The van der Waals surface area contributed by atoms with Crippen LogP contribution in [0.25, 0.3) is 0 Å². The first-order valence-corrected chi connectivity index (χ1v) is 6.63. The number of amides is 1. The van der Waals surface area contributed by atoms with E-state index in [-0.39, 0.29) is 18.5 Å². The molecule has 0 bridgehead atoms. The second kappa shape index (κ2) is 7.09. The molecule has 5 nitrogen and oxygen atoms in total. The van der Waals surface area contributed by atoms with Crippen LogP contribution in [0.5, 0.6) is 0 Å². The van der Waals surface area contributed by atoms with Crippen LogP contribution < -0.4 is 16.0 Å². The maximum Gasteiger partial charge on any atom is 0.237 e. The Labute approximate surface area is 115 Å². The zero-order valence-electron chi connectivity index (χ0n) is 12.2. The van der Waals surface area contributed by atoms with E-state index < -0.39 is 0 Å². The van der Waals surface area contributed by atoms with E-state index in [0.29, 0.717) is 6.04 Å². The van der Waals surface area contributed by atoms with Crippen molar-refractivity contribution in [1.82, 2.24) is 10.3 Å². The molecule has 0 saturated heterocycles. The van der Waals surface area contributed by atoms with Crippen LogP contribution in [0.3, 0.4) is 0 Å². The summed E-state index contributed by atoms with van der Waals surface area (Å²) in [7, 11) is 0. The van der Waals surface area contributed by atoms with Gasteiger partial charge in [0, 0.05) is 24.8 Å². The second-order valence-corrected chi connectivity index (χ2v) is 5.25. The van der Waals surface area contributed by atoms with E-state index in [0.717, 1.165) is 17.9 Å². The lowest BCUT2D eigenvalue weighted by Gasteiger charge is -2.26. The smallest absolute Gasteiger partial charge is 0.237 e. The molecule has 1 rings (SSSR count). The Morgan fingerprint density at radius 2 is 2.05 bits per heavy atom. The van der Waals surface area contributed by atoms with Crippen molar-refractivity contribution in [2.24, 2.45) is 5.73 Å². The van der Waals surface area contributed by atoms with Crippen molar-refractivity contribution in [3.8, 4) is 0 Å². The molecule has 5 heteroatoms. The summed E-state index contributed by atoms with van der Waals surface area (Å²) in [6.45, 7) is 9.22. The minimum absolute atomic E-state index is 0.180. The van der Waals surface area contributed by atoms with Crippen molar-refractivity contribution in [2.45, 2.75) is 46.3 Å². The second-order valence-electron chi connectivity index (χ2n) is 5.25. The third kappa shape index (κ3) is 5.26. The van der Waals surface area contributed by atoms with E-state index in [1.54, 1.807) is 0 Å². The van der Waals surface area contributed by atoms with Crippen LogP contribution in [0.4, 0.5) is 5.82 Å². The van der Waals surface area contributed by atoms with Gasteiger partial charge in [0.05, 0.1) is 6.54 Å². The summed E-state index contributed by atoms with van der Waals surface area (Å²) in [6, 6.07) is 4.58. The van der Waals surface area contributed by atoms with E-state index in [1.807, 2.05) is 37.1 Å². The highest BCUT2D eigenvalue weighted by molar-refractivity contribution is 5.79. The number of primary amides is 1. The minimum atomic E-state index is -0.346. The van der Waals surface area contributed by atoms with Crippen molar-refractivity contribution < 1.29 is 4.79 Å². The lowest BCUT2D eigenvalue weighted by atomic mass is 10.2. The normalized spacial score (nSPS) is 11.1. The number of hydrogen-bond donors (Lipinski definition) is 2. The Kier molecular flexibility index (Phi) is 5.76. The van der Waals surface area contributed by atoms with Gasteiger partial charge in [-0.1, -0.05) is 19.9 Å². The molecule has 1 amide bonds. The van der Waals surface area contributed by atoms with Crippen LogP contribution in [-0.2, 0) is 11.3 Å². The number of anilines is 1. The van der Waals surface area contributed by atoms with Gasteiger partial charge in [0.15, 0.2) is 0 Å². The van der Waals surface area contributed by atoms with E-state index in [2.05, 4.69) is 24.1 Å². The number of nitrogens with zero attached hydrogens (tertiary/aromatic N) is 2. The first kappa shape index (κ1) is 15.4. The average molecular weight is 264 g/mol. The summed E-state index contributed by atoms with van der Waals surface area (Å²) in [5.74, 6) is 0.433. The number of nitrogens with one attached hydrogen (secondary N) is 1. The molecule has 0 aliphatic heterocycles. The molecule has 0 aliphatic carbocycles. The molecule has 0 aliphatic rings. The van der Waals surface area contributed by atoms with Gasteiger partial charge in [0.2, 0.25) is 5.91 Å². The van der Waals surface area contributed by atoms with E-state index in [9.17, 15) is 4.79 Å². The first-order chi connectivity index (χ1) is 8.90. The first-order valence-electron chi connectivity index (χ1n) is 6.63. The predicted octanol–water partition coefficient (Wildman–Crippen LogP) is 1.28. The van der Waals surface area contributed by atoms with Crippen molar-refractivity contribution in [3.63, 3.8) is 0 Å². The zero-order valence-corrected chi connectivity index (χ0v) is 12.2. The monoisotopic (exact) mass is 264 g/mol. The number of aromatic nitrogens is 1. The van der Waals surface area contributed by atoms with Crippen molar-refractivity contribution >= 4 is 11.7 Å². The van der Waals surface area contributed by atoms with Crippen molar-refractivity contribution in [2.75, 3.05) is 11.4 Å². The number of carbonyl (C=O) groups excluding carboxylic acids is 1. The fourth-order valence-corrected chi connectivity index (χ4v) is 1.71. The molecule has 0 saturated carbocycles. The van der Waals surface area contributed by atoms with Crippen molar-refractivity contribution in [1.29, 1.82) is 0 Å². The standard InChI is InChI=1S/C14H24N4O/c1-10(2)16-7-12-5-6-14(17-8-12)18(11(3)4)9-13(15)19/h5-6,8,10-11,16H,7,9H2,1-4H3,(H2,15,19). The number of pyridine rings is 1. The van der Waals surface area contributed by atoms with Gasteiger partial charge in [-0.05, 0) is 25.5 Å². The van der Waals surface area contributed by atoms with Gasteiger partial charge in [0.25, 0.3) is 0 Å².